The van der Waals surface area contributed by atoms with E-state index in [1.807, 2.05) is 0 Å². The van der Waals surface area contributed by atoms with Gasteiger partial charge < -0.3 is 15.2 Å². The lowest BCUT2D eigenvalue weighted by molar-refractivity contribution is -0.148. The first-order valence-corrected chi connectivity index (χ1v) is 6.57. The molecule has 0 atom stereocenters. The third kappa shape index (κ3) is 2.80. The number of amides is 1. The summed E-state index contributed by atoms with van der Waals surface area (Å²) in [6.07, 6.45) is 0.324. The molecule has 1 aliphatic rings. The van der Waals surface area contributed by atoms with Gasteiger partial charge in [0.25, 0.3) is 11.5 Å². The Morgan fingerprint density at radius 2 is 1.95 bits per heavy atom. The molecule has 8 heteroatoms. The molecule has 1 aromatic rings. The number of hydrogen-bond acceptors (Lipinski definition) is 5. The summed E-state index contributed by atoms with van der Waals surface area (Å²) < 4.78 is 5.14. The van der Waals surface area contributed by atoms with Crippen LogP contribution in [0.1, 0.15) is 34.5 Å². The summed E-state index contributed by atoms with van der Waals surface area (Å²) in [5.41, 5.74) is -1.19. The summed E-state index contributed by atoms with van der Waals surface area (Å²) in [5.74, 6) is -1.83. The lowest BCUT2D eigenvalue weighted by Crippen LogP contribution is -2.58. The molecule has 0 bridgehead atoms. The molecule has 0 spiro atoms. The van der Waals surface area contributed by atoms with Gasteiger partial charge in [-0.2, -0.15) is 5.10 Å². The van der Waals surface area contributed by atoms with E-state index in [-0.39, 0.29) is 31.6 Å². The lowest BCUT2D eigenvalue weighted by Gasteiger charge is -2.33. The zero-order chi connectivity index (χ0) is 15.6. The fraction of sp³-hybridized carbons (Fsp3) is 0.538. The maximum Gasteiger partial charge on any atom is 0.329 e. The predicted octanol–water partition coefficient (Wildman–Crippen LogP) is -0.250. The highest BCUT2D eigenvalue weighted by Gasteiger charge is 2.42. The highest BCUT2D eigenvalue weighted by Crippen LogP contribution is 2.22. The smallest absolute Gasteiger partial charge is 0.329 e. The minimum Gasteiger partial charge on any atom is -0.480 e. The average molecular weight is 295 g/mol. The number of hydrogen-bond donors (Lipinski definition) is 3. The van der Waals surface area contributed by atoms with Crippen LogP contribution in [0.15, 0.2) is 4.79 Å². The molecule has 1 saturated heterocycles. The Hall–Kier alpha value is -2.22. The van der Waals surface area contributed by atoms with Crippen LogP contribution >= 0.6 is 0 Å². The van der Waals surface area contributed by atoms with Crippen molar-refractivity contribution in [1.29, 1.82) is 0 Å². The van der Waals surface area contributed by atoms with Gasteiger partial charge in [0.2, 0.25) is 0 Å². The van der Waals surface area contributed by atoms with Crippen molar-refractivity contribution in [3.8, 4) is 0 Å². The van der Waals surface area contributed by atoms with Crippen LogP contribution in [0.3, 0.4) is 0 Å². The third-order valence-corrected chi connectivity index (χ3v) is 3.81. The second-order valence-electron chi connectivity index (χ2n) is 5.09. The Kier molecular flexibility index (Phi) is 4.08. The molecule has 3 N–H and O–H groups in total. The van der Waals surface area contributed by atoms with Gasteiger partial charge in [-0.1, -0.05) is 0 Å². The van der Waals surface area contributed by atoms with Crippen molar-refractivity contribution in [2.75, 3.05) is 13.2 Å². The van der Waals surface area contributed by atoms with Crippen molar-refractivity contribution < 1.29 is 19.4 Å². The number of nitrogens with zero attached hydrogens (tertiary/aromatic N) is 1. The standard InChI is InChI=1S/C13H17N3O5/c1-7-8(2)15-16-11(18)9(7)10(17)14-13(12(19)20)3-5-21-6-4-13/h3-6H2,1-2H3,(H,14,17)(H,16,18)(H,19,20). The zero-order valence-corrected chi connectivity index (χ0v) is 11.9. The number of aromatic nitrogens is 2. The van der Waals surface area contributed by atoms with Crippen LogP contribution in [-0.2, 0) is 9.53 Å². The number of carboxylic acid groups (broad SMARTS) is 1. The van der Waals surface area contributed by atoms with Crippen molar-refractivity contribution in [3.05, 3.63) is 27.2 Å². The number of rotatable bonds is 3. The fourth-order valence-corrected chi connectivity index (χ4v) is 2.29. The van der Waals surface area contributed by atoms with Crippen molar-refractivity contribution in [3.63, 3.8) is 0 Å². The number of carbonyl (C=O) groups is 2. The molecular weight excluding hydrogens is 278 g/mol. The highest BCUT2D eigenvalue weighted by atomic mass is 16.5. The van der Waals surface area contributed by atoms with Crippen LogP contribution in [0.5, 0.6) is 0 Å². The van der Waals surface area contributed by atoms with Crippen molar-refractivity contribution in [2.45, 2.75) is 32.2 Å². The molecule has 1 aliphatic heterocycles. The van der Waals surface area contributed by atoms with Crippen LogP contribution in [0.25, 0.3) is 0 Å². The summed E-state index contributed by atoms with van der Waals surface area (Å²) >= 11 is 0. The van der Waals surface area contributed by atoms with E-state index in [0.717, 1.165) is 0 Å². The number of aliphatic carboxylic acids is 1. The lowest BCUT2D eigenvalue weighted by atomic mass is 9.89. The number of aryl methyl sites for hydroxylation is 1. The number of ether oxygens (including phenoxy) is 1. The van der Waals surface area contributed by atoms with Crippen LogP contribution in [-0.4, -0.2) is 45.9 Å². The number of nitrogens with one attached hydrogen (secondary N) is 2. The van der Waals surface area contributed by atoms with E-state index in [1.165, 1.54) is 0 Å². The van der Waals surface area contributed by atoms with Gasteiger partial charge in [-0.15, -0.1) is 0 Å². The SMILES string of the molecule is Cc1n[nH]c(=O)c(C(=O)NC2(C(=O)O)CCOCC2)c1C. The Bertz CT molecular complexity index is 631. The summed E-state index contributed by atoms with van der Waals surface area (Å²) in [6, 6.07) is 0. The maximum atomic E-state index is 12.4. The first-order valence-electron chi connectivity index (χ1n) is 6.57. The van der Waals surface area contributed by atoms with Gasteiger partial charge in [-0.05, 0) is 19.4 Å². The molecule has 0 radical (unpaired) electrons. The topological polar surface area (TPSA) is 121 Å². The van der Waals surface area contributed by atoms with Crippen LogP contribution < -0.4 is 10.9 Å². The van der Waals surface area contributed by atoms with E-state index in [1.54, 1.807) is 13.8 Å². The van der Waals surface area contributed by atoms with E-state index in [0.29, 0.717) is 11.3 Å². The zero-order valence-electron chi connectivity index (χ0n) is 11.9. The molecule has 1 amide bonds. The number of carbonyl (C=O) groups excluding carboxylic acids is 1. The normalized spacial score (nSPS) is 17.2. The van der Waals surface area contributed by atoms with E-state index >= 15 is 0 Å². The number of aromatic amines is 1. The van der Waals surface area contributed by atoms with E-state index in [2.05, 4.69) is 15.5 Å². The molecule has 2 heterocycles. The van der Waals surface area contributed by atoms with Gasteiger partial charge in [0.1, 0.15) is 11.1 Å². The molecule has 0 aromatic carbocycles. The number of carboxylic acids is 1. The molecule has 0 aliphatic carbocycles. The van der Waals surface area contributed by atoms with E-state index in [4.69, 9.17) is 4.74 Å². The Labute approximate surface area is 120 Å². The van der Waals surface area contributed by atoms with Crippen LogP contribution in [0.2, 0.25) is 0 Å². The molecule has 2 rings (SSSR count). The first-order chi connectivity index (χ1) is 9.87. The average Bonchev–Trinajstić information content (AvgIpc) is 2.44. The third-order valence-electron chi connectivity index (χ3n) is 3.81. The Morgan fingerprint density at radius 1 is 1.33 bits per heavy atom. The monoisotopic (exact) mass is 295 g/mol. The molecular formula is C13H17N3O5. The van der Waals surface area contributed by atoms with Crippen LogP contribution in [0.4, 0.5) is 0 Å². The minimum absolute atomic E-state index is 0.102. The minimum atomic E-state index is -1.40. The van der Waals surface area contributed by atoms with Gasteiger partial charge in [-0.25, -0.2) is 9.89 Å². The summed E-state index contributed by atoms with van der Waals surface area (Å²) in [7, 11) is 0. The molecule has 8 nitrogen and oxygen atoms in total. The fourth-order valence-electron chi connectivity index (χ4n) is 2.29. The van der Waals surface area contributed by atoms with Gasteiger partial charge >= 0.3 is 5.97 Å². The molecule has 0 unspecified atom stereocenters. The quantitative estimate of drug-likeness (QED) is 0.707. The van der Waals surface area contributed by atoms with Gasteiger partial charge in [0.05, 0.1) is 5.69 Å². The predicted molar refractivity (Wildman–Crippen MR) is 72.2 cm³/mol. The molecule has 1 aromatic heterocycles. The molecule has 114 valence electrons. The van der Waals surface area contributed by atoms with Crippen molar-refractivity contribution in [2.24, 2.45) is 0 Å². The molecule has 0 saturated carbocycles. The van der Waals surface area contributed by atoms with E-state index < -0.39 is 23.0 Å². The summed E-state index contributed by atoms with van der Waals surface area (Å²) in [4.78, 5) is 35.7. The molecule has 21 heavy (non-hydrogen) atoms. The van der Waals surface area contributed by atoms with Crippen molar-refractivity contribution >= 4 is 11.9 Å². The summed E-state index contributed by atoms with van der Waals surface area (Å²) in [6.45, 7) is 3.75. The highest BCUT2D eigenvalue weighted by molar-refractivity contribution is 5.98. The Balaban J connectivity index is 2.35. The second-order valence-corrected chi connectivity index (χ2v) is 5.09. The Morgan fingerprint density at radius 3 is 2.52 bits per heavy atom. The maximum absolute atomic E-state index is 12.4. The summed E-state index contributed by atoms with van der Waals surface area (Å²) in [5, 5.41) is 17.9. The van der Waals surface area contributed by atoms with Gasteiger partial charge in [-0.3, -0.25) is 9.59 Å². The largest absolute Gasteiger partial charge is 0.480 e. The van der Waals surface area contributed by atoms with Gasteiger partial charge in [0, 0.05) is 26.1 Å². The van der Waals surface area contributed by atoms with Gasteiger partial charge in [0.15, 0.2) is 0 Å². The second kappa shape index (κ2) is 5.65. The van der Waals surface area contributed by atoms with E-state index in [9.17, 15) is 19.5 Å². The number of H-pyrrole nitrogens is 1. The van der Waals surface area contributed by atoms with Crippen molar-refractivity contribution in [1.82, 2.24) is 15.5 Å². The molecule has 1 fully saturated rings. The first kappa shape index (κ1) is 15.2. The van der Waals surface area contributed by atoms with Crippen LogP contribution in [0, 0.1) is 13.8 Å².